The summed E-state index contributed by atoms with van der Waals surface area (Å²) in [5, 5.41) is 10.8. The van der Waals surface area contributed by atoms with Gasteiger partial charge in [0, 0.05) is 30.4 Å². The third kappa shape index (κ3) is 4.70. The minimum atomic E-state index is -0.388. The van der Waals surface area contributed by atoms with E-state index in [9.17, 15) is 14.4 Å². The molecule has 1 aromatic carbocycles. The predicted molar refractivity (Wildman–Crippen MR) is 102 cm³/mol. The van der Waals surface area contributed by atoms with Gasteiger partial charge in [-0.15, -0.1) is 0 Å². The summed E-state index contributed by atoms with van der Waals surface area (Å²) in [6.45, 7) is 0.214. The fraction of sp³-hybridized carbons (Fsp3) is 0.211. The van der Waals surface area contributed by atoms with Gasteiger partial charge in [0.25, 0.3) is 11.1 Å². The Kier molecular flexibility index (Phi) is 5.95. The smallest absolute Gasteiger partial charge is 0.267 e. The highest BCUT2D eigenvalue weighted by Gasteiger charge is 2.09. The van der Waals surface area contributed by atoms with Gasteiger partial charge in [0.2, 0.25) is 5.91 Å². The monoisotopic (exact) mass is 381 g/mol. The highest BCUT2D eigenvalue weighted by molar-refractivity contribution is 5.75. The number of amides is 1. The van der Waals surface area contributed by atoms with Crippen LogP contribution in [0.5, 0.6) is 5.75 Å². The van der Waals surface area contributed by atoms with Gasteiger partial charge in [-0.05, 0) is 24.3 Å². The Labute approximate surface area is 160 Å². The van der Waals surface area contributed by atoms with Gasteiger partial charge < -0.3 is 10.1 Å². The zero-order chi connectivity index (χ0) is 19.9. The summed E-state index contributed by atoms with van der Waals surface area (Å²) in [4.78, 5) is 35.8. The summed E-state index contributed by atoms with van der Waals surface area (Å²) in [6, 6.07) is 13.2. The van der Waals surface area contributed by atoms with Crippen molar-refractivity contribution in [3.05, 3.63) is 75.4 Å². The number of nitrogens with one attached hydrogen (secondary N) is 1. The fourth-order valence-corrected chi connectivity index (χ4v) is 2.55. The summed E-state index contributed by atoms with van der Waals surface area (Å²) in [7, 11) is 1.57. The molecule has 28 heavy (non-hydrogen) atoms. The number of hydrogen-bond donors (Lipinski definition) is 1. The third-order valence-corrected chi connectivity index (χ3v) is 3.96. The second kappa shape index (κ2) is 8.76. The van der Waals surface area contributed by atoms with E-state index in [0.717, 1.165) is 10.2 Å². The highest BCUT2D eigenvalue weighted by atomic mass is 16.5. The van der Waals surface area contributed by atoms with Gasteiger partial charge in [0.05, 0.1) is 19.3 Å². The molecule has 0 unspecified atom stereocenters. The minimum Gasteiger partial charge on any atom is -0.497 e. The lowest BCUT2D eigenvalue weighted by atomic mass is 10.1. The van der Waals surface area contributed by atoms with Crippen molar-refractivity contribution in [1.29, 1.82) is 0 Å². The maximum atomic E-state index is 12.1. The first kappa shape index (κ1) is 19.0. The van der Waals surface area contributed by atoms with E-state index in [1.165, 1.54) is 23.0 Å². The van der Waals surface area contributed by atoms with Crippen molar-refractivity contribution in [2.75, 3.05) is 13.7 Å². The lowest BCUT2D eigenvalue weighted by Crippen LogP contribution is -2.36. The van der Waals surface area contributed by atoms with Crippen LogP contribution in [0.4, 0.5) is 0 Å². The number of ether oxygens (including phenoxy) is 1. The van der Waals surface area contributed by atoms with Gasteiger partial charge in [-0.3, -0.25) is 14.4 Å². The van der Waals surface area contributed by atoms with E-state index in [1.807, 2.05) is 12.1 Å². The van der Waals surface area contributed by atoms with Gasteiger partial charge in [-0.25, -0.2) is 9.36 Å². The summed E-state index contributed by atoms with van der Waals surface area (Å²) >= 11 is 0. The van der Waals surface area contributed by atoms with Crippen molar-refractivity contribution in [3.63, 3.8) is 0 Å². The molecule has 1 amide bonds. The van der Waals surface area contributed by atoms with Crippen LogP contribution in [0.2, 0.25) is 0 Å². The van der Waals surface area contributed by atoms with Crippen LogP contribution in [0.3, 0.4) is 0 Å². The molecule has 144 valence electrons. The Morgan fingerprint density at radius 1 is 1.07 bits per heavy atom. The van der Waals surface area contributed by atoms with Crippen LogP contribution in [0, 0.1) is 0 Å². The first-order valence-electron chi connectivity index (χ1n) is 8.58. The molecule has 0 aliphatic heterocycles. The number of hydrogen-bond acceptors (Lipinski definition) is 6. The molecule has 2 heterocycles. The molecule has 1 N–H and O–H groups in total. The number of methoxy groups -OCH3 is 1. The Bertz CT molecular complexity index is 1090. The van der Waals surface area contributed by atoms with Crippen molar-refractivity contribution >= 4 is 5.91 Å². The second-order valence-electron chi connectivity index (χ2n) is 5.88. The zero-order valence-corrected chi connectivity index (χ0v) is 15.2. The van der Waals surface area contributed by atoms with E-state index in [4.69, 9.17) is 4.74 Å². The van der Waals surface area contributed by atoms with Crippen LogP contribution >= 0.6 is 0 Å². The van der Waals surface area contributed by atoms with Crippen molar-refractivity contribution < 1.29 is 9.53 Å². The fourth-order valence-electron chi connectivity index (χ4n) is 2.55. The quantitative estimate of drug-likeness (QED) is 0.630. The number of benzene rings is 1. The molecule has 0 saturated heterocycles. The highest BCUT2D eigenvalue weighted by Crippen LogP contribution is 2.20. The van der Waals surface area contributed by atoms with Gasteiger partial charge in [0.15, 0.2) is 0 Å². The first-order chi connectivity index (χ1) is 13.6. The average molecular weight is 381 g/mol. The molecular weight excluding hydrogens is 362 g/mol. The summed E-state index contributed by atoms with van der Waals surface area (Å²) in [6.07, 6.45) is 1.50. The van der Waals surface area contributed by atoms with Crippen molar-refractivity contribution in [3.8, 4) is 17.0 Å². The van der Waals surface area contributed by atoms with Gasteiger partial charge >= 0.3 is 0 Å². The SMILES string of the molecule is COc1cccc(-c2ccc(=O)n(CC(=O)NCCn3ncccc3=O)n2)c1. The molecule has 3 aromatic rings. The minimum absolute atomic E-state index is 0.208. The Morgan fingerprint density at radius 3 is 2.68 bits per heavy atom. The van der Waals surface area contributed by atoms with Crippen LogP contribution in [-0.4, -0.2) is 39.1 Å². The molecule has 0 radical (unpaired) electrons. The summed E-state index contributed by atoms with van der Waals surface area (Å²) in [5.41, 5.74) is 0.678. The van der Waals surface area contributed by atoms with Crippen LogP contribution < -0.4 is 21.2 Å². The predicted octanol–water partition coefficient (Wildman–Crippen LogP) is 0.292. The number of carbonyl (C=O) groups excluding carboxylic acids is 1. The van der Waals surface area contributed by atoms with Crippen LogP contribution in [0.15, 0.2) is 64.3 Å². The topological polar surface area (TPSA) is 108 Å². The maximum Gasteiger partial charge on any atom is 0.267 e. The molecule has 0 aliphatic rings. The van der Waals surface area contributed by atoms with E-state index < -0.39 is 0 Å². The van der Waals surface area contributed by atoms with Crippen molar-refractivity contribution in [2.45, 2.75) is 13.1 Å². The molecule has 3 rings (SSSR count). The van der Waals surface area contributed by atoms with E-state index in [1.54, 1.807) is 31.4 Å². The second-order valence-corrected chi connectivity index (χ2v) is 5.88. The van der Waals surface area contributed by atoms with E-state index >= 15 is 0 Å². The van der Waals surface area contributed by atoms with Crippen LogP contribution in [0.25, 0.3) is 11.3 Å². The number of rotatable bonds is 7. The molecule has 0 spiro atoms. The Morgan fingerprint density at radius 2 is 1.89 bits per heavy atom. The van der Waals surface area contributed by atoms with E-state index in [2.05, 4.69) is 15.5 Å². The molecule has 0 saturated carbocycles. The van der Waals surface area contributed by atoms with Crippen LogP contribution in [-0.2, 0) is 17.9 Å². The normalized spacial score (nSPS) is 10.5. The molecule has 9 nitrogen and oxygen atoms in total. The largest absolute Gasteiger partial charge is 0.497 e. The molecule has 0 bridgehead atoms. The molecule has 2 aromatic heterocycles. The van der Waals surface area contributed by atoms with Crippen LogP contribution in [0.1, 0.15) is 0 Å². The Balaban J connectivity index is 1.66. The lowest BCUT2D eigenvalue weighted by molar-refractivity contribution is -0.121. The molecular formula is C19H19N5O4. The maximum absolute atomic E-state index is 12.1. The number of nitrogens with zero attached hydrogens (tertiary/aromatic N) is 4. The average Bonchev–Trinajstić information content (AvgIpc) is 2.71. The molecule has 9 heteroatoms. The lowest BCUT2D eigenvalue weighted by Gasteiger charge is -2.09. The Hall–Kier alpha value is -3.75. The number of aromatic nitrogens is 4. The van der Waals surface area contributed by atoms with Gasteiger partial charge in [-0.1, -0.05) is 12.1 Å². The first-order valence-corrected chi connectivity index (χ1v) is 8.58. The van der Waals surface area contributed by atoms with Crippen molar-refractivity contribution in [2.24, 2.45) is 0 Å². The van der Waals surface area contributed by atoms with Gasteiger partial charge in [-0.2, -0.15) is 10.2 Å². The summed E-state index contributed by atoms with van der Waals surface area (Å²) < 4.78 is 7.53. The van der Waals surface area contributed by atoms with Gasteiger partial charge in [0.1, 0.15) is 12.3 Å². The third-order valence-electron chi connectivity index (χ3n) is 3.96. The standard InChI is InChI=1S/C19H19N5O4/c1-28-15-5-2-4-14(12-15)16-7-8-19(27)24(22-16)13-17(25)20-10-11-23-18(26)6-3-9-21-23/h2-9,12H,10-11,13H2,1H3,(H,20,25). The summed E-state index contributed by atoms with van der Waals surface area (Å²) in [5.74, 6) is 0.279. The number of carbonyl (C=O) groups is 1. The molecule has 0 aliphatic carbocycles. The molecule has 0 atom stereocenters. The molecule has 0 fully saturated rings. The zero-order valence-electron chi connectivity index (χ0n) is 15.2. The van der Waals surface area contributed by atoms with E-state index in [0.29, 0.717) is 11.4 Å². The van der Waals surface area contributed by atoms with E-state index in [-0.39, 0.29) is 36.7 Å². The van der Waals surface area contributed by atoms with Crippen molar-refractivity contribution in [1.82, 2.24) is 24.9 Å².